The Morgan fingerprint density at radius 1 is 0.408 bits per heavy atom. The van der Waals surface area contributed by atoms with Crippen molar-refractivity contribution in [1.29, 1.82) is 0 Å². The van der Waals surface area contributed by atoms with Crippen molar-refractivity contribution in [2.24, 2.45) is 0 Å². The molecule has 0 atom stereocenters. The van der Waals surface area contributed by atoms with Crippen LogP contribution in [-0.2, 0) is 12.8 Å². The number of hydrogen-bond acceptors (Lipinski definition) is 1. The van der Waals surface area contributed by atoms with E-state index in [0.29, 0.717) is 22.5 Å². The van der Waals surface area contributed by atoms with Crippen molar-refractivity contribution in [2.45, 2.75) is 12.8 Å². The first-order chi connectivity index (χ1) is 24.1. The van der Waals surface area contributed by atoms with Gasteiger partial charge >= 0.3 is 288 Å². The average molecular weight is 655 g/mol. The molecular weight excluding hydrogens is 618 g/mol. The van der Waals surface area contributed by atoms with Gasteiger partial charge in [-0.3, -0.25) is 0 Å². The number of halogens is 1. The first-order valence-electron chi connectivity index (χ1n) is 16.7. The Morgan fingerprint density at radius 3 is 1.43 bits per heavy atom. The molecule has 3 heteroatoms. The minimum atomic E-state index is -4.80. The second-order valence-corrected chi connectivity index (χ2v) is 16.8. The zero-order chi connectivity index (χ0) is 33.1. The molecule has 0 aromatic heterocycles. The molecule has 0 saturated carbocycles. The monoisotopic (exact) mass is 654 g/mol. The third-order valence-corrected chi connectivity index (χ3v) is 14.8. The van der Waals surface area contributed by atoms with E-state index in [1.807, 2.05) is 97.1 Å². The van der Waals surface area contributed by atoms with Crippen molar-refractivity contribution in [3.63, 3.8) is 0 Å². The van der Waals surface area contributed by atoms with E-state index in [-0.39, 0.29) is 6.16 Å². The number of fused-ring (bicyclic) bond motifs is 2. The van der Waals surface area contributed by atoms with Crippen LogP contribution in [0.1, 0.15) is 11.1 Å². The Kier molecular flexibility index (Phi) is 8.04. The van der Waals surface area contributed by atoms with Crippen molar-refractivity contribution in [2.75, 3.05) is 0 Å². The van der Waals surface area contributed by atoms with Crippen LogP contribution >= 0.6 is 6.91 Å². The topological polar surface area (TPSA) is 9.23 Å². The van der Waals surface area contributed by atoms with Crippen molar-refractivity contribution < 1.29 is 8.93 Å². The van der Waals surface area contributed by atoms with E-state index in [1.165, 1.54) is 0 Å². The van der Waals surface area contributed by atoms with E-state index in [1.54, 1.807) is 0 Å². The summed E-state index contributed by atoms with van der Waals surface area (Å²) in [6, 6.07) is 65.2. The summed E-state index contributed by atoms with van der Waals surface area (Å²) in [4.78, 5) is 0. The Labute approximate surface area is 287 Å². The Balaban J connectivity index is 1.53. The zero-order valence-electron chi connectivity index (χ0n) is 27.1. The van der Waals surface area contributed by atoms with Crippen LogP contribution in [0.2, 0.25) is 0 Å². The summed E-state index contributed by atoms with van der Waals surface area (Å²) in [5.41, 5.74) is 3.81. The molecule has 8 aromatic carbocycles. The van der Waals surface area contributed by atoms with Gasteiger partial charge in [-0.15, -0.1) is 0 Å². The van der Waals surface area contributed by atoms with Gasteiger partial charge in [0.2, 0.25) is 0 Å². The molecule has 0 unspecified atom stereocenters. The Hall–Kier alpha value is -5.56. The Morgan fingerprint density at radius 2 is 0.857 bits per heavy atom. The summed E-state index contributed by atoms with van der Waals surface area (Å²) >= 11 is 0. The summed E-state index contributed by atoms with van der Waals surface area (Å²) in [5, 5.41) is 6.24. The number of rotatable bonds is 9. The maximum absolute atomic E-state index is 20.6. The third kappa shape index (κ3) is 5.39. The molecule has 49 heavy (non-hydrogen) atoms. The SMILES string of the molecule is FP(Cc1ccccc1)(c1ccccc1)(c1ccccc1)c1ccc2ccccc2c1-c1c(OCc2ccccc2)ccc2ccccc12. The van der Waals surface area contributed by atoms with Crippen LogP contribution in [0.5, 0.6) is 5.75 Å². The quantitative estimate of drug-likeness (QED) is 0.141. The van der Waals surface area contributed by atoms with E-state index in [0.717, 1.165) is 49.5 Å². The van der Waals surface area contributed by atoms with E-state index < -0.39 is 6.91 Å². The molecule has 0 N–H and O–H groups in total. The van der Waals surface area contributed by atoms with Crippen LogP contribution < -0.4 is 20.7 Å². The van der Waals surface area contributed by atoms with Gasteiger partial charge in [-0.1, -0.05) is 0 Å². The predicted octanol–water partition coefficient (Wildman–Crippen LogP) is 11.2. The standard InChI is InChI=1S/C46H36FOP/c47-49(39-23-9-3-10-24-39,40-25-11-4-12-26-40,34-36-19-7-2-8-20-36)44-32-30-38-22-14-16-28-42(38)46(44)45-41-27-15-13-21-37(41)29-31-43(45)48-33-35-17-5-1-6-18-35/h1-32H,33-34H2. The summed E-state index contributed by atoms with van der Waals surface area (Å²) in [7, 11) is 0. The first kappa shape index (κ1) is 30.8. The first-order valence-corrected chi connectivity index (χ1v) is 19.0. The second kappa shape index (κ2) is 12.8. The number of benzene rings is 8. The molecule has 0 radical (unpaired) electrons. The molecule has 0 bridgehead atoms. The van der Waals surface area contributed by atoms with Gasteiger partial charge in [-0.25, -0.2) is 0 Å². The molecule has 0 amide bonds. The van der Waals surface area contributed by atoms with E-state index in [9.17, 15) is 0 Å². The molecule has 0 aliphatic carbocycles. The summed E-state index contributed by atoms with van der Waals surface area (Å²) < 4.78 is 27.4. The van der Waals surface area contributed by atoms with Crippen molar-refractivity contribution in [1.82, 2.24) is 0 Å². The number of hydrogen-bond donors (Lipinski definition) is 0. The van der Waals surface area contributed by atoms with Crippen LogP contribution in [0.15, 0.2) is 194 Å². The van der Waals surface area contributed by atoms with Crippen molar-refractivity contribution in [3.8, 4) is 16.9 Å². The number of ether oxygens (including phenoxy) is 1. The van der Waals surface area contributed by atoms with Crippen LogP contribution in [0.3, 0.4) is 0 Å². The Bertz CT molecular complexity index is 2340. The summed E-state index contributed by atoms with van der Waals surface area (Å²) in [6.45, 7) is -4.41. The van der Waals surface area contributed by atoms with Crippen molar-refractivity contribution in [3.05, 3.63) is 205 Å². The fourth-order valence-corrected chi connectivity index (χ4v) is 12.3. The second-order valence-electron chi connectivity index (χ2n) is 12.6. The van der Waals surface area contributed by atoms with E-state index in [4.69, 9.17) is 4.74 Å². The summed E-state index contributed by atoms with van der Waals surface area (Å²) in [5.74, 6) is 0.728. The van der Waals surface area contributed by atoms with Gasteiger partial charge in [0.05, 0.1) is 0 Å². The average Bonchev–Trinajstić information content (AvgIpc) is 3.18. The molecule has 0 fully saturated rings. The van der Waals surface area contributed by atoms with Crippen LogP contribution in [-0.4, -0.2) is 0 Å². The fourth-order valence-electron chi connectivity index (χ4n) is 7.38. The zero-order valence-corrected chi connectivity index (χ0v) is 28.0. The predicted molar refractivity (Wildman–Crippen MR) is 208 cm³/mol. The molecule has 0 aliphatic heterocycles. The normalized spacial score (nSPS) is 12.4. The third-order valence-electron chi connectivity index (χ3n) is 9.70. The molecule has 0 saturated heterocycles. The van der Waals surface area contributed by atoms with Crippen LogP contribution in [0, 0.1) is 0 Å². The van der Waals surface area contributed by atoms with Gasteiger partial charge in [0, 0.05) is 0 Å². The van der Waals surface area contributed by atoms with Gasteiger partial charge in [0.15, 0.2) is 0 Å². The van der Waals surface area contributed by atoms with Gasteiger partial charge < -0.3 is 0 Å². The molecule has 0 heterocycles. The van der Waals surface area contributed by atoms with Gasteiger partial charge in [-0.05, 0) is 0 Å². The minimum absolute atomic E-state index is 0.219. The van der Waals surface area contributed by atoms with Crippen LogP contribution in [0.25, 0.3) is 32.7 Å². The maximum atomic E-state index is 20.6. The van der Waals surface area contributed by atoms with Crippen LogP contribution in [0.4, 0.5) is 4.20 Å². The molecule has 0 aliphatic rings. The van der Waals surface area contributed by atoms with Crippen molar-refractivity contribution >= 4 is 44.4 Å². The summed E-state index contributed by atoms with van der Waals surface area (Å²) in [6.07, 6.45) is 0.219. The van der Waals surface area contributed by atoms with Gasteiger partial charge in [-0.2, -0.15) is 0 Å². The van der Waals surface area contributed by atoms with E-state index in [2.05, 4.69) is 97.1 Å². The molecular formula is C46H36FOP. The van der Waals surface area contributed by atoms with E-state index >= 15 is 4.20 Å². The molecule has 0 spiro atoms. The molecule has 8 aromatic rings. The molecule has 238 valence electrons. The fraction of sp³-hybridized carbons (Fsp3) is 0.0435. The van der Waals surface area contributed by atoms with Gasteiger partial charge in [0.25, 0.3) is 0 Å². The molecule has 1 nitrogen and oxygen atoms in total. The van der Waals surface area contributed by atoms with Gasteiger partial charge in [0.1, 0.15) is 0 Å². The molecule has 8 rings (SSSR count).